The molecule has 1 fully saturated rings. The van der Waals surface area contributed by atoms with Gasteiger partial charge in [0.2, 0.25) is 17.7 Å². The largest absolute Gasteiger partial charge is 0.455 e. The Hall–Kier alpha value is -3.88. The van der Waals surface area contributed by atoms with E-state index in [1.54, 1.807) is 24.3 Å². The number of benzene rings is 1. The van der Waals surface area contributed by atoms with Crippen molar-refractivity contribution in [3.8, 4) is 0 Å². The highest BCUT2D eigenvalue weighted by Gasteiger charge is 2.44. The molecule has 6 unspecified atom stereocenters. The molecule has 5 N–H and O–H groups in total. The van der Waals surface area contributed by atoms with Crippen LogP contribution in [0.1, 0.15) is 108 Å². The number of nitrogens with two attached hydrogens (primary N) is 1. The standard InChI is InChI=1S/C38H59N7O6S/c1-10-24(4)32(42-37(50)38(7)17-14-18-44(38)8)36(49)45(9)30(23(2)3)21-31(51-26(6)46)35-41-29(22-52-35)34(48)40-28(19-25(5)33(47)43-39)20-27-15-12-11-13-16-27/h11-13,15-16,22-25,28,30-32H,10,14,17-21,39H2,1-9H3,(H,40,48)(H,42,50)(H,43,47)/t24?,25?,28?,30?,31?,32?,38-/m1/s1. The fourth-order valence-electron chi connectivity index (χ4n) is 6.81. The molecule has 1 saturated heterocycles. The van der Waals surface area contributed by atoms with E-state index in [1.165, 1.54) is 18.3 Å². The highest BCUT2D eigenvalue weighted by molar-refractivity contribution is 7.09. The van der Waals surface area contributed by atoms with E-state index in [0.717, 1.165) is 24.9 Å². The highest BCUT2D eigenvalue weighted by atomic mass is 32.1. The van der Waals surface area contributed by atoms with E-state index in [0.29, 0.717) is 24.3 Å². The van der Waals surface area contributed by atoms with Crippen LogP contribution in [0.15, 0.2) is 35.7 Å². The van der Waals surface area contributed by atoms with Crippen molar-refractivity contribution in [3.63, 3.8) is 0 Å². The molecule has 2 heterocycles. The van der Waals surface area contributed by atoms with Gasteiger partial charge in [-0.1, -0.05) is 71.4 Å². The first-order valence-corrected chi connectivity index (χ1v) is 19.2. The number of esters is 1. The number of carbonyl (C=O) groups excluding carboxylic acids is 5. The number of ether oxygens (including phenoxy) is 1. The van der Waals surface area contributed by atoms with Crippen molar-refractivity contribution in [3.05, 3.63) is 52.0 Å². The van der Waals surface area contributed by atoms with E-state index in [9.17, 15) is 24.0 Å². The number of nitrogens with one attached hydrogen (secondary N) is 3. The SMILES string of the molecule is CCC(C)C(NC(=O)[C@@]1(C)CCCN1C)C(=O)N(C)C(CC(OC(C)=O)c1nc(C(=O)NC(Cc2ccccc2)CC(C)C(=O)NN)cs1)C(C)C. The van der Waals surface area contributed by atoms with Gasteiger partial charge in [-0.05, 0) is 63.6 Å². The van der Waals surface area contributed by atoms with E-state index in [4.69, 9.17) is 10.6 Å². The van der Waals surface area contributed by atoms with Crippen molar-refractivity contribution in [1.82, 2.24) is 30.8 Å². The molecule has 1 aliphatic heterocycles. The van der Waals surface area contributed by atoms with E-state index < -0.39 is 47.6 Å². The van der Waals surface area contributed by atoms with Gasteiger partial charge in [0.05, 0.1) is 5.54 Å². The molecule has 1 aromatic heterocycles. The van der Waals surface area contributed by atoms with Crippen LogP contribution in [0.5, 0.6) is 0 Å². The molecule has 14 heteroatoms. The number of likely N-dealkylation sites (N-methyl/N-ethyl adjacent to an activating group) is 2. The molecular formula is C38H59N7O6S. The second kappa shape index (κ2) is 19.3. The van der Waals surface area contributed by atoms with Crippen LogP contribution in [0.3, 0.4) is 0 Å². The van der Waals surface area contributed by atoms with Gasteiger partial charge in [0.15, 0.2) is 6.10 Å². The molecular weight excluding hydrogens is 683 g/mol. The summed E-state index contributed by atoms with van der Waals surface area (Å²) in [6.45, 7) is 13.7. The van der Waals surface area contributed by atoms with Crippen LogP contribution in [-0.4, -0.2) is 88.7 Å². The molecule has 288 valence electrons. The molecule has 0 saturated carbocycles. The lowest BCUT2D eigenvalue weighted by Crippen LogP contribution is -2.60. The molecule has 52 heavy (non-hydrogen) atoms. The van der Waals surface area contributed by atoms with Crippen LogP contribution in [-0.2, 0) is 30.3 Å². The molecule has 7 atom stereocenters. The van der Waals surface area contributed by atoms with Crippen LogP contribution in [0.25, 0.3) is 0 Å². The number of carbonyl (C=O) groups is 5. The molecule has 1 aromatic carbocycles. The highest BCUT2D eigenvalue weighted by Crippen LogP contribution is 2.32. The van der Waals surface area contributed by atoms with Crippen molar-refractivity contribution in [2.45, 2.75) is 117 Å². The Balaban J connectivity index is 1.83. The summed E-state index contributed by atoms with van der Waals surface area (Å²) < 4.78 is 5.79. The number of hydrogen-bond donors (Lipinski definition) is 4. The van der Waals surface area contributed by atoms with Crippen LogP contribution >= 0.6 is 11.3 Å². The number of aromatic nitrogens is 1. The maximum absolute atomic E-state index is 14.2. The first-order chi connectivity index (χ1) is 24.5. The lowest BCUT2D eigenvalue weighted by Gasteiger charge is -2.38. The van der Waals surface area contributed by atoms with Crippen molar-refractivity contribution >= 4 is 40.9 Å². The van der Waals surface area contributed by atoms with Crippen molar-refractivity contribution in [2.24, 2.45) is 23.6 Å². The topological polar surface area (TPSA) is 176 Å². The molecule has 4 amide bonds. The van der Waals surface area contributed by atoms with Crippen LogP contribution in [0, 0.1) is 17.8 Å². The Kier molecular flexibility index (Phi) is 15.8. The summed E-state index contributed by atoms with van der Waals surface area (Å²) in [5.74, 6) is 3.10. The average molecular weight is 742 g/mol. The smallest absolute Gasteiger partial charge is 0.303 e. The summed E-state index contributed by atoms with van der Waals surface area (Å²) in [5, 5.41) is 8.17. The van der Waals surface area contributed by atoms with Crippen LogP contribution in [0.2, 0.25) is 0 Å². The van der Waals surface area contributed by atoms with Gasteiger partial charge in [-0.3, -0.25) is 34.3 Å². The van der Waals surface area contributed by atoms with Gasteiger partial charge in [-0.15, -0.1) is 11.3 Å². The zero-order valence-corrected chi connectivity index (χ0v) is 33.0. The number of hydrazine groups is 1. The number of hydrogen-bond acceptors (Lipinski definition) is 10. The summed E-state index contributed by atoms with van der Waals surface area (Å²) in [4.78, 5) is 74.3. The third kappa shape index (κ3) is 11.1. The zero-order chi connectivity index (χ0) is 38.7. The first kappa shape index (κ1) is 42.5. The second-order valence-electron chi connectivity index (χ2n) is 14.8. The normalized spacial score (nSPS) is 19.5. The summed E-state index contributed by atoms with van der Waals surface area (Å²) >= 11 is 1.20. The van der Waals surface area contributed by atoms with Crippen molar-refractivity contribution in [1.29, 1.82) is 0 Å². The number of likely N-dealkylation sites (tertiary alicyclic amines) is 1. The maximum atomic E-state index is 14.2. The van der Waals surface area contributed by atoms with Gasteiger partial charge in [0.1, 0.15) is 16.7 Å². The first-order valence-electron chi connectivity index (χ1n) is 18.3. The van der Waals surface area contributed by atoms with Gasteiger partial charge >= 0.3 is 5.97 Å². The molecule has 3 rings (SSSR count). The molecule has 13 nitrogen and oxygen atoms in total. The van der Waals surface area contributed by atoms with Gasteiger partial charge in [-0.2, -0.15) is 0 Å². The third-order valence-electron chi connectivity index (χ3n) is 10.6. The predicted molar refractivity (Wildman–Crippen MR) is 202 cm³/mol. The lowest BCUT2D eigenvalue weighted by atomic mass is 9.91. The average Bonchev–Trinajstić information content (AvgIpc) is 3.74. The molecule has 0 spiro atoms. The maximum Gasteiger partial charge on any atom is 0.303 e. The minimum absolute atomic E-state index is 0.0482. The van der Waals surface area contributed by atoms with E-state index in [-0.39, 0.29) is 41.7 Å². The fraction of sp³-hybridized carbons (Fsp3) is 0.632. The number of nitrogens with zero attached hydrogens (tertiary/aromatic N) is 3. The molecule has 0 radical (unpaired) electrons. The van der Waals surface area contributed by atoms with Crippen molar-refractivity contribution < 1.29 is 28.7 Å². The van der Waals surface area contributed by atoms with Gasteiger partial charge < -0.3 is 20.3 Å². The Bertz CT molecular complexity index is 1520. The summed E-state index contributed by atoms with van der Waals surface area (Å²) in [6.07, 6.45) is 2.57. The molecule has 0 bridgehead atoms. The van der Waals surface area contributed by atoms with E-state index in [2.05, 4.69) is 21.0 Å². The summed E-state index contributed by atoms with van der Waals surface area (Å²) in [5.41, 5.74) is 2.64. The fourth-order valence-corrected chi connectivity index (χ4v) is 7.65. The minimum atomic E-state index is -0.831. The predicted octanol–water partition coefficient (Wildman–Crippen LogP) is 3.99. The number of rotatable bonds is 18. The van der Waals surface area contributed by atoms with E-state index >= 15 is 0 Å². The Labute approximate surface area is 312 Å². The van der Waals surface area contributed by atoms with Crippen molar-refractivity contribution in [2.75, 3.05) is 20.6 Å². The van der Waals surface area contributed by atoms with Gasteiger partial charge in [0, 0.05) is 43.8 Å². The minimum Gasteiger partial charge on any atom is -0.455 e. The number of thiazole rings is 1. The Morgan fingerprint density at radius 3 is 2.31 bits per heavy atom. The monoisotopic (exact) mass is 741 g/mol. The molecule has 0 aliphatic carbocycles. The summed E-state index contributed by atoms with van der Waals surface area (Å²) in [7, 11) is 3.66. The van der Waals surface area contributed by atoms with E-state index in [1.807, 2.05) is 76.9 Å². The molecule has 1 aliphatic rings. The number of amides is 4. The second-order valence-corrected chi connectivity index (χ2v) is 15.7. The Morgan fingerprint density at radius 1 is 1.08 bits per heavy atom. The van der Waals surface area contributed by atoms with Gasteiger partial charge in [0.25, 0.3) is 5.91 Å². The summed E-state index contributed by atoms with van der Waals surface area (Å²) in [6, 6.07) is 8.13. The lowest BCUT2D eigenvalue weighted by molar-refractivity contribution is -0.149. The zero-order valence-electron chi connectivity index (χ0n) is 32.2. The van der Waals surface area contributed by atoms with Crippen LogP contribution in [0.4, 0.5) is 0 Å². The Morgan fingerprint density at radius 2 is 1.75 bits per heavy atom. The quantitative estimate of drug-likeness (QED) is 0.0762. The van der Waals surface area contributed by atoms with Gasteiger partial charge in [-0.25, -0.2) is 10.8 Å². The third-order valence-corrected chi connectivity index (χ3v) is 11.5. The molecule has 2 aromatic rings. The van der Waals surface area contributed by atoms with Crippen LogP contribution < -0.4 is 21.9 Å².